The monoisotopic (exact) mass is 354 g/mol. The lowest BCUT2D eigenvalue weighted by Crippen LogP contribution is -2.67. The summed E-state index contributed by atoms with van der Waals surface area (Å²) >= 11 is 0. The SMILES string of the molecule is C=COC12CC3CC(C1)CC(C14CC5CC(CC(OC=C)(C5)C1)C4)(C3)C2. The molecule has 2 heteroatoms. The number of hydrogen-bond donors (Lipinski definition) is 0. The minimum Gasteiger partial charge on any atom is -0.495 e. The van der Waals surface area contributed by atoms with Gasteiger partial charge in [-0.2, -0.15) is 0 Å². The third-order valence-electron chi connectivity index (χ3n) is 9.81. The molecule has 4 unspecified atom stereocenters. The zero-order valence-corrected chi connectivity index (χ0v) is 16.2. The quantitative estimate of drug-likeness (QED) is 0.565. The molecule has 142 valence electrons. The topological polar surface area (TPSA) is 18.5 Å². The first-order valence-electron chi connectivity index (χ1n) is 11.1. The van der Waals surface area contributed by atoms with E-state index in [-0.39, 0.29) is 11.2 Å². The first-order valence-corrected chi connectivity index (χ1v) is 11.1. The molecule has 0 radical (unpaired) electrons. The molecule has 8 fully saturated rings. The highest BCUT2D eigenvalue weighted by atomic mass is 16.5. The number of ether oxygens (including phenoxy) is 2. The van der Waals surface area contributed by atoms with Crippen LogP contribution in [0.25, 0.3) is 0 Å². The predicted octanol–water partition coefficient (Wildman–Crippen LogP) is 5.98. The van der Waals surface area contributed by atoms with Gasteiger partial charge in [-0.05, 0) is 112 Å². The van der Waals surface area contributed by atoms with Crippen molar-refractivity contribution in [2.75, 3.05) is 0 Å². The molecule has 2 nitrogen and oxygen atoms in total. The Morgan fingerprint density at radius 2 is 0.923 bits per heavy atom. The van der Waals surface area contributed by atoms with Crippen molar-refractivity contribution >= 4 is 0 Å². The van der Waals surface area contributed by atoms with E-state index in [0.29, 0.717) is 10.8 Å². The van der Waals surface area contributed by atoms with E-state index < -0.39 is 0 Å². The first-order chi connectivity index (χ1) is 12.5. The summed E-state index contributed by atoms with van der Waals surface area (Å²) in [6.45, 7) is 7.87. The Bertz CT molecular complexity index is 565. The first kappa shape index (κ1) is 16.1. The maximum absolute atomic E-state index is 6.32. The zero-order chi connectivity index (χ0) is 17.6. The Labute approximate surface area is 158 Å². The van der Waals surface area contributed by atoms with E-state index in [1.54, 1.807) is 12.5 Å². The van der Waals surface area contributed by atoms with Gasteiger partial charge in [-0.1, -0.05) is 13.2 Å². The molecule has 0 N–H and O–H groups in total. The van der Waals surface area contributed by atoms with Gasteiger partial charge in [0.25, 0.3) is 0 Å². The molecule has 8 aliphatic rings. The van der Waals surface area contributed by atoms with Gasteiger partial charge in [-0.3, -0.25) is 0 Å². The van der Waals surface area contributed by atoms with Gasteiger partial charge < -0.3 is 9.47 Å². The van der Waals surface area contributed by atoms with E-state index >= 15 is 0 Å². The van der Waals surface area contributed by atoms with Crippen LogP contribution in [-0.2, 0) is 9.47 Å². The van der Waals surface area contributed by atoms with Crippen molar-refractivity contribution in [3.05, 3.63) is 25.7 Å². The van der Waals surface area contributed by atoms with Gasteiger partial charge in [0.05, 0.1) is 12.5 Å². The molecular formula is C24H34O2. The van der Waals surface area contributed by atoms with Crippen molar-refractivity contribution in [2.45, 2.75) is 88.3 Å². The van der Waals surface area contributed by atoms with Gasteiger partial charge in [0.15, 0.2) is 0 Å². The lowest BCUT2D eigenvalue weighted by molar-refractivity contribution is -0.267. The van der Waals surface area contributed by atoms with Gasteiger partial charge in [0, 0.05) is 0 Å². The van der Waals surface area contributed by atoms with Crippen LogP contribution < -0.4 is 0 Å². The summed E-state index contributed by atoms with van der Waals surface area (Å²) in [5.41, 5.74) is 1.24. The minimum atomic E-state index is 0.113. The Balaban J connectivity index is 1.42. The lowest BCUT2D eigenvalue weighted by Gasteiger charge is -2.73. The van der Waals surface area contributed by atoms with Gasteiger partial charge in [0.1, 0.15) is 11.2 Å². The zero-order valence-electron chi connectivity index (χ0n) is 16.2. The van der Waals surface area contributed by atoms with Crippen molar-refractivity contribution in [1.29, 1.82) is 0 Å². The van der Waals surface area contributed by atoms with Crippen LogP contribution in [-0.4, -0.2) is 11.2 Å². The summed E-state index contributed by atoms with van der Waals surface area (Å²) in [5.74, 6) is 3.56. The molecule has 0 aromatic rings. The van der Waals surface area contributed by atoms with E-state index in [2.05, 4.69) is 13.2 Å². The second-order valence-electron chi connectivity index (χ2n) is 11.4. The summed E-state index contributed by atoms with van der Waals surface area (Å²) < 4.78 is 12.6. The third-order valence-corrected chi connectivity index (χ3v) is 9.81. The van der Waals surface area contributed by atoms with Gasteiger partial charge >= 0.3 is 0 Å². The molecule has 8 rings (SSSR count). The minimum absolute atomic E-state index is 0.113. The molecule has 26 heavy (non-hydrogen) atoms. The van der Waals surface area contributed by atoms with Crippen molar-refractivity contribution in [1.82, 2.24) is 0 Å². The predicted molar refractivity (Wildman–Crippen MR) is 102 cm³/mol. The highest BCUT2D eigenvalue weighted by molar-refractivity contribution is 5.21. The Morgan fingerprint density at radius 1 is 0.577 bits per heavy atom. The standard InChI is InChI=1S/C24H34O2/c1-3-25-23-11-17-5-18(12-23)8-21(7-17,15-23)22-9-19-6-20(10-22)14-24(13-19,16-22)26-4-2/h3-4,17-20H,1-2,5-16H2. The van der Waals surface area contributed by atoms with Crippen molar-refractivity contribution in [3.63, 3.8) is 0 Å². The van der Waals surface area contributed by atoms with E-state index in [4.69, 9.17) is 9.47 Å². The molecule has 8 aliphatic carbocycles. The summed E-state index contributed by atoms with van der Waals surface area (Å²) in [5, 5.41) is 0. The van der Waals surface area contributed by atoms with E-state index in [9.17, 15) is 0 Å². The maximum atomic E-state index is 6.32. The molecule has 0 aromatic heterocycles. The second-order valence-corrected chi connectivity index (χ2v) is 11.4. The van der Waals surface area contributed by atoms with Crippen molar-refractivity contribution in [2.24, 2.45) is 34.5 Å². The van der Waals surface area contributed by atoms with Crippen LogP contribution in [0.5, 0.6) is 0 Å². The molecule has 0 aliphatic heterocycles. The van der Waals surface area contributed by atoms with Crippen molar-refractivity contribution < 1.29 is 9.47 Å². The van der Waals surface area contributed by atoms with Gasteiger partial charge in [-0.15, -0.1) is 0 Å². The summed E-state index contributed by atoms with van der Waals surface area (Å²) in [4.78, 5) is 0. The van der Waals surface area contributed by atoms with E-state index in [0.717, 1.165) is 23.7 Å². The van der Waals surface area contributed by atoms with Gasteiger partial charge in [0.2, 0.25) is 0 Å². The Hall–Kier alpha value is -0.920. The molecular weight excluding hydrogens is 320 g/mol. The maximum Gasteiger partial charge on any atom is 0.109 e. The van der Waals surface area contributed by atoms with E-state index in [1.807, 2.05) is 0 Å². The van der Waals surface area contributed by atoms with Crippen LogP contribution >= 0.6 is 0 Å². The normalized spacial score (nSPS) is 58.6. The molecule has 8 bridgehead atoms. The summed E-state index contributed by atoms with van der Waals surface area (Å²) in [6.07, 6.45) is 20.0. The number of hydrogen-bond acceptors (Lipinski definition) is 2. The fraction of sp³-hybridized carbons (Fsp3) is 0.833. The highest BCUT2D eigenvalue weighted by Crippen LogP contribution is 2.76. The van der Waals surface area contributed by atoms with Crippen molar-refractivity contribution in [3.8, 4) is 0 Å². The second kappa shape index (κ2) is 4.92. The van der Waals surface area contributed by atoms with Crippen LogP contribution in [0.1, 0.15) is 77.0 Å². The lowest BCUT2D eigenvalue weighted by atomic mass is 9.34. The largest absolute Gasteiger partial charge is 0.495 e. The van der Waals surface area contributed by atoms with Crippen LogP contribution in [0.15, 0.2) is 25.7 Å². The Kier molecular flexibility index (Phi) is 3.04. The average molecular weight is 355 g/mol. The molecule has 8 saturated carbocycles. The molecule has 0 saturated heterocycles. The summed E-state index contributed by atoms with van der Waals surface area (Å²) in [6, 6.07) is 0. The van der Waals surface area contributed by atoms with E-state index in [1.165, 1.54) is 77.0 Å². The smallest absolute Gasteiger partial charge is 0.109 e. The molecule has 4 atom stereocenters. The molecule has 0 aromatic carbocycles. The summed E-state index contributed by atoms with van der Waals surface area (Å²) in [7, 11) is 0. The number of rotatable bonds is 5. The molecule has 0 amide bonds. The highest BCUT2D eigenvalue weighted by Gasteiger charge is 2.70. The third kappa shape index (κ3) is 1.94. The van der Waals surface area contributed by atoms with Crippen LogP contribution in [0.3, 0.4) is 0 Å². The van der Waals surface area contributed by atoms with Crippen LogP contribution in [0, 0.1) is 34.5 Å². The van der Waals surface area contributed by atoms with Crippen LogP contribution in [0.4, 0.5) is 0 Å². The van der Waals surface area contributed by atoms with Crippen LogP contribution in [0.2, 0.25) is 0 Å². The fourth-order valence-corrected chi connectivity index (χ4v) is 10.2. The fourth-order valence-electron chi connectivity index (χ4n) is 10.2. The molecule has 0 spiro atoms. The average Bonchev–Trinajstić information content (AvgIpc) is 2.52. The Morgan fingerprint density at radius 3 is 1.23 bits per heavy atom. The van der Waals surface area contributed by atoms with Gasteiger partial charge in [-0.25, -0.2) is 0 Å². The molecule has 0 heterocycles.